The van der Waals surface area contributed by atoms with Crippen LogP contribution in [0.15, 0.2) is 24.3 Å². The first-order chi connectivity index (χ1) is 6.70. The van der Waals surface area contributed by atoms with E-state index in [2.05, 4.69) is 0 Å². The van der Waals surface area contributed by atoms with Crippen LogP contribution in [0.5, 0.6) is 0 Å². The van der Waals surface area contributed by atoms with Crippen molar-refractivity contribution in [2.75, 3.05) is 6.54 Å². The predicted octanol–water partition coefficient (Wildman–Crippen LogP) is 1.87. The van der Waals surface area contributed by atoms with Crippen LogP contribution < -0.4 is 5.73 Å². The second kappa shape index (κ2) is 4.68. The summed E-state index contributed by atoms with van der Waals surface area (Å²) in [6, 6.07) is 8.17. The predicted molar refractivity (Wildman–Crippen MR) is 49.0 cm³/mol. The molecule has 2 nitrogen and oxygen atoms in total. The summed E-state index contributed by atoms with van der Waals surface area (Å²) in [6.07, 6.45) is -2.53. The van der Waals surface area contributed by atoms with Gasteiger partial charge in [-0.05, 0) is 11.6 Å². The van der Waals surface area contributed by atoms with Crippen LogP contribution in [0, 0.1) is 11.3 Å². The molecule has 1 atom stereocenters. The molecule has 2 N–H and O–H groups in total. The van der Waals surface area contributed by atoms with E-state index < -0.39 is 12.3 Å². The molecule has 0 bridgehead atoms. The Morgan fingerprint density at radius 1 is 1.36 bits per heavy atom. The van der Waals surface area contributed by atoms with E-state index in [0.717, 1.165) is 0 Å². The Kier molecular flexibility index (Phi) is 3.55. The highest BCUT2D eigenvalue weighted by molar-refractivity contribution is 5.40. The Balaban J connectivity index is 3.10. The first-order valence-corrected chi connectivity index (χ1v) is 4.18. The number of hydrogen-bond acceptors (Lipinski definition) is 2. The molecule has 0 aromatic heterocycles. The first-order valence-electron chi connectivity index (χ1n) is 4.18. The fourth-order valence-corrected chi connectivity index (χ4v) is 1.29. The van der Waals surface area contributed by atoms with E-state index in [0.29, 0.717) is 5.56 Å². The molecule has 0 saturated heterocycles. The van der Waals surface area contributed by atoms with Crippen molar-refractivity contribution in [1.82, 2.24) is 0 Å². The fraction of sp³-hybridized carbons (Fsp3) is 0.300. The van der Waals surface area contributed by atoms with Crippen molar-refractivity contribution in [1.29, 1.82) is 5.26 Å². The number of hydrogen-bond donors (Lipinski definition) is 1. The number of halogens is 2. The highest BCUT2D eigenvalue weighted by Crippen LogP contribution is 2.24. The van der Waals surface area contributed by atoms with Gasteiger partial charge in [-0.1, -0.05) is 18.2 Å². The van der Waals surface area contributed by atoms with Crippen LogP contribution in [0.1, 0.15) is 17.0 Å². The molecule has 0 radical (unpaired) electrons. The van der Waals surface area contributed by atoms with Gasteiger partial charge in [0.2, 0.25) is 6.43 Å². The third-order valence-electron chi connectivity index (χ3n) is 2.04. The lowest BCUT2D eigenvalue weighted by molar-refractivity contribution is 0.117. The van der Waals surface area contributed by atoms with Crippen molar-refractivity contribution in [3.8, 4) is 6.07 Å². The van der Waals surface area contributed by atoms with E-state index in [1.165, 1.54) is 12.1 Å². The molecule has 14 heavy (non-hydrogen) atoms. The van der Waals surface area contributed by atoms with Crippen LogP contribution >= 0.6 is 0 Å². The van der Waals surface area contributed by atoms with E-state index in [1.54, 1.807) is 12.1 Å². The minimum absolute atomic E-state index is 0.156. The maximum Gasteiger partial charge on any atom is 0.246 e. The van der Waals surface area contributed by atoms with E-state index in [1.807, 2.05) is 6.07 Å². The summed E-state index contributed by atoms with van der Waals surface area (Å²) in [5.74, 6) is -1.05. The Morgan fingerprint density at radius 2 is 2.00 bits per heavy atom. The summed E-state index contributed by atoms with van der Waals surface area (Å²) in [7, 11) is 0. The first kappa shape index (κ1) is 10.6. The molecule has 0 fully saturated rings. The topological polar surface area (TPSA) is 49.8 Å². The van der Waals surface area contributed by atoms with Gasteiger partial charge in [0.25, 0.3) is 0 Å². The number of benzene rings is 1. The van der Waals surface area contributed by atoms with Crippen molar-refractivity contribution >= 4 is 0 Å². The number of nitrogens with zero attached hydrogens (tertiary/aromatic N) is 1. The van der Waals surface area contributed by atoms with E-state index in [-0.39, 0.29) is 12.1 Å². The van der Waals surface area contributed by atoms with Crippen molar-refractivity contribution in [2.24, 2.45) is 5.73 Å². The van der Waals surface area contributed by atoms with Gasteiger partial charge >= 0.3 is 0 Å². The molecular formula is C10H10F2N2. The Hall–Kier alpha value is -1.47. The van der Waals surface area contributed by atoms with Gasteiger partial charge in [-0.2, -0.15) is 5.26 Å². The second-order valence-electron chi connectivity index (χ2n) is 2.88. The quantitative estimate of drug-likeness (QED) is 0.802. The van der Waals surface area contributed by atoms with Crippen molar-refractivity contribution in [2.45, 2.75) is 12.3 Å². The van der Waals surface area contributed by atoms with Crippen LogP contribution in [0.3, 0.4) is 0 Å². The van der Waals surface area contributed by atoms with Gasteiger partial charge < -0.3 is 5.73 Å². The average Bonchev–Trinajstić information content (AvgIpc) is 2.19. The zero-order chi connectivity index (χ0) is 10.6. The number of rotatable bonds is 3. The standard InChI is InChI=1S/C10H10F2N2/c11-10(12)9(6-14)8-4-2-1-3-7(8)5-13/h1-4,9-10H,6,14H2. The summed E-state index contributed by atoms with van der Waals surface area (Å²) in [6.45, 7) is -0.156. The molecule has 0 saturated carbocycles. The zero-order valence-electron chi connectivity index (χ0n) is 7.45. The number of alkyl halides is 2. The van der Waals surface area contributed by atoms with Gasteiger partial charge in [-0.3, -0.25) is 0 Å². The normalized spacial score (nSPS) is 12.5. The summed E-state index contributed by atoms with van der Waals surface area (Å²) >= 11 is 0. The van der Waals surface area contributed by atoms with Gasteiger partial charge in [0.15, 0.2) is 0 Å². The summed E-state index contributed by atoms with van der Waals surface area (Å²) in [5, 5.41) is 8.71. The van der Waals surface area contributed by atoms with Crippen LogP contribution in [-0.4, -0.2) is 13.0 Å². The molecular weight excluding hydrogens is 186 g/mol. The molecule has 1 rings (SSSR count). The molecule has 0 aliphatic rings. The Bertz CT molecular complexity index is 344. The van der Waals surface area contributed by atoms with Crippen LogP contribution in [0.2, 0.25) is 0 Å². The molecule has 0 heterocycles. The highest BCUT2D eigenvalue weighted by Gasteiger charge is 2.22. The number of nitriles is 1. The maximum atomic E-state index is 12.5. The van der Waals surface area contributed by atoms with Gasteiger partial charge in [0, 0.05) is 6.54 Å². The van der Waals surface area contributed by atoms with E-state index in [9.17, 15) is 8.78 Å². The van der Waals surface area contributed by atoms with Crippen molar-refractivity contribution < 1.29 is 8.78 Å². The zero-order valence-corrected chi connectivity index (χ0v) is 7.45. The second-order valence-corrected chi connectivity index (χ2v) is 2.88. The van der Waals surface area contributed by atoms with Crippen LogP contribution in [0.4, 0.5) is 8.78 Å². The largest absolute Gasteiger partial charge is 0.330 e. The van der Waals surface area contributed by atoms with Crippen molar-refractivity contribution in [3.63, 3.8) is 0 Å². The molecule has 0 aliphatic heterocycles. The van der Waals surface area contributed by atoms with Gasteiger partial charge in [-0.15, -0.1) is 0 Å². The third kappa shape index (κ3) is 2.06. The Labute approximate surface area is 81.0 Å². The molecule has 1 aromatic rings. The lowest BCUT2D eigenvalue weighted by Gasteiger charge is -2.14. The summed E-state index contributed by atoms with van der Waals surface area (Å²) in [5.41, 5.74) is 5.83. The minimum Gasteiger partial charge on any atom is -0.330 e. The third-order valence-corrected chi connectivity index (χ3v) is 2.04. The fourth-order valence-electron chi connectivity index (χ4n) is 1.29. The monoisotopic (exact) mass is 196 g/mol. The Morgan fingerprint density at radius 3 is 2.50 bits per heavy atom. The molecule has 1 aromatic carbocycles. The molecule has 74 valence electrons. The van der Waals surface area contributed by atoms with E-state index >= 15 is 0 Å². The van der Waals surface area contributed by atoms with Gasteiger partial charge in [-0.25, -0.2) is 8.78 Å². The molecule has 0 spiro atoms. The molecule has 0 aliphatic carbocycles. The van der Waals surface area contributed by atoms with Crippen LogP contribution in [-0.2, 0) is 0 Å². The smallest absolute Gasteiger partial charge is 0.246 e. The lowest BCUT2D eigenvalue weighted by atomic mass is 9.95. The van der Waals surface area contributed by atoms with E-state index in [4.69, 9.17) is 11.0 Å². The molecule has 0 amide bonds. The summed E-state index contributed by atoms with van der Waals surface area (Å²) < 4.78 is 25.0. The lowest BCUT2D eigenvalue weighted by Crippen LogP contribution is -2.20. The van der Waals surface area contributed by atoms with Crippen LogP contribution in [0.25, 0.3) is 0 Å². The van der Waals surface area contributed by atoms with Gasteiger partial charge in [0.05, 0.1) is 17.6 Å². The SMILES string of the molecule is N#Cc1ccccc1C(CN)C(F)F. The average molecular weight is 196 g/mol. The molecule has 1 unspecified atom stereocenters. The summed E-state index contributed by atoms with van der Waals surface area (Å²) in [4.78, 5) is 0. The number of nitrogens with two attached hydrogens (primary N) is 1. The highest BCUT2D eigenvalue weighted by atomic mass is 19.3. The van der Waals surface area contributed by atoms with Gasteiger partial charge in [0.1, 0.15) is 0 Å². The molecule has 4 heteroatoms. The maximum absolute atomic E-state index is 12.5. The minimum atomic E-state index is -2.53. The van der Waals surface area contributed by atoms with Crippen molar-refractivity contribution in [3.05, 3.63) is 35.4 Å².